The molecular weight excluding hydrogens is 328 g/mol. The molecule has 4 aromatic rings. The maximum absolute atomic E-state index is 13.0. The Labute approximate surface area is 150 Å². The number of nitrogens with two attached hydrogens (primary N) is 1. The van der Waals surface area contributed by atoms with Crippen LogP contribution in [0.25, 0.3) is 33.5 Å². The number of nitrogens with zero attached hydrogens (tertiary/aromatic N) is 3. The summed E-state index contributed by atoms with van der Waals surface area (Å²) in [6.07, 6.45) is 1.70. The minimum Gasteiger partial charge on any atom is -0.454 e. The molecule has 26 heavy (non-hydrogen) atoms. The molecule has 4 rings (SSSR count). The summed E-state index contributed by atoms with van der Waals surface area (Å²) in [7, 11) is 1.86. The van der Waals surface area contributed by atoms with Crippen LogP contribution in [0.5, 0.6) is 0 Å². The molecule has 1 unspecified atom stereocenters. The van der Waals surface area contributed by atoms with E-state index in [9.17, 15) is 4.79 Å². The number of aryl methyl sites for hydroxylation is 2. The summed E-state index contributed by atoms with van der Waals surface area (Å²) in [5.41, 5.74) is 11.2. The third-order valence-electron chi connectivity index (χ3n) is 4.72. The molecule has 6 heteroatoms. The Hall–Kier alpha value is -2.99. The normalized spacial score (nSPS) is 12.8. The van der Waals surface area contributed by atoms with Gasteiger partial charge in [0.2, 0.25) is 0 Å². The van der Waals surface area contributed by atoms with Crippen LogP contribution in [-0.2, 0) is 7.05 Å². The van der Waals surface area contributed by atoms with Gasteiger partial charge in [0.15, 0.2) is 11.2 Å². The van der Waals surface area contributed by atoms with Crippen LogP contribution in [0.2, 0.25) is 0 Å². The van der Waals surface area contributed by atoms with Gasteiger partial charge in [-0.3, -0.25) is 9.48 Å². The van der Waals surface area contributed by atoms with Crippen molar-refractivity contribution in [2.45, 2.75) is 26.8 Å². The molecule has 0 saturated heterocycles. The number of fused-ring (bicyclic) bond motifs is 2. The fourth-order valence-electron chi connectivity index (χ4n) is 3.32. The second kappa shape index (κ2) is 5.78. The Morgan fingerprint density at radius 1 is 1.23 bits per heavy atom. The standard InChI is InChI=1S/C20H20N4O2/c1-10-7-13(12(3)21)20-14(8-10)18(25)11(2)19(26-20)15-5-6-17-16(23-15)9-22-24(17)4/h5-9,12H,21H2,1-4H3. The lowest BCUT2D eigenvalue weighted by atomic mass is 10.00. The van der Waals surface area contributed by atoms with Gasteiger partial charge >= 0.3 is 0 Å². The molecule has 0 fully saturated rings. The van der Waals surface area contributed by atoms with Crippen LogP contribution in [0.3, 0.4) is 0 Å². The van der Waals surface area contributed by atoms with Crippen molar-refractivity contribution in [2.24, 2.45) is 12.8 Å². The maximum Gasteiger partial charge on any atom is 0.196 e. The molecule has 3 aromatic heterocycles. The predicted molar refractivity (Wildman–Crippen MR) is 102 cm³/mol. The molecule has 0 aliphatic carbocycles. The lowest BCUT2D eigenvalue weighted by Crippen LogP contribution is -2.12. The smallest absolute Gasteiger partial charge is 0.196 e. The molecule has 0 aliphatic heterocycles. The first-order valence-corrected chi connectivity index (χ1v) is 8.49. The molecular formula is C20H20N4O2. The zero-order valence-electron chi connectivity index (χ0n) is 15.2. The maximum atomic E-state index is 13.0. The van der Waals surface area contributed by atoms with Gasteiger partial charge in [0.1, 0.15) is 16.8 Å². The van der Waals surface area contributed by atoms with Gasteiger partial charge in [-0.15, -0.1) is 0 Å². The Bertz CT molecular complexity index is 1220. The zero-order valence-corrected chi connectivity index (χ0v) is 15.2. The molecule has 0 spiro atoms. The minimum absolute atomic E-state index is 0.0556. The van der Waals surface area contributed by atoms with E-state index in [1.165, 1.54) is 0 Å². The Kier molecular flexibility index (Phi) is 3.66. The van der Waals surface area contributed by atoms with Crippen LogP contribution in [0.4, 0.5) is 0 Å². The summed E-state index contributed by atoms with van der Waals surface area (Å²) in [6.45, 7) is 5.60. The van der Waals surface area contributed by atoms with E-state index < -0.39 is 0 Å². The van der Waals surface area contributed by atoms with Gasteiger partial charge in [0, 0.05) is 24.2 Å². The van der Waals surface area contributed by atoms with Gasteiger partial charge in [-0.1, -0.05) is 6.07 Å². The summed E-state index contributed by atoms with van der Waals surface area (Å²) in [5, 5.41) is 4.77. The Balaban J connectivity index is 2.05. The van der Waals surface area contributed by atoms with E-state index in [2.05, 4.69) is 10.1 Å². The Morgan fingerprint density at radius 3 is 2.73 bits per heavy atom. The first kappa shape index (κ1) is 16.5. The summed E-state index contributed by atoms with van der Waals surface area (Å²) in [5.74, 6) is 0.471. The van der Waals surface area contributed by atoms with Crippen molar-refractivity contribution < 1.29 is 4.42 Å². The molecule has 1 atom stereocenters. The van der Waals surface area contributed by atoms with Crippen molar-refractivity contribution in [2.75, 3.05) is 0 Å². The van der Waals surface area contributed by atoms with E-state index in [1.54, 1.807) is 17.8 Å². The third-order valence-corrected chi connectivity index (χ3v) is 4.72. The highest BCUT2D eigenvalue weighted by atomic mass is 16.3. The number of hydrogen-bond donors (Lipinski definition) is 1. The SMILES string of the molecule is Cc1cc(C(C)N)c2oc(-c3ccc4c(cnn4C)n3)c(C)c(=O)c2c1. The van der Waals surface area contributed by atoms with Crippen LogP contribution in [0.15, 0.2) is 39.7 Å². The number of rotatable bonds is 2. The average molecular weight is 348 g/mol. The molecule has 1 aromatic carbocycles. The molecule has 2 N–H and O–H groups in total. The van der Waals surface area contributed by atoms with Crippen molar-refractivity contribution in [3.63, 3.8) is 0 Å². The lowest BCUT2D eigenvalue weighted by Gasteiger charge is -2.13. The van der Waals surface area contributed by atoms with Crippen molar-refractivity contribution in [3.05, 3.63) is 57.4 Å². The summed E-state index contributed by atoms with van der Waals surface area (Å²) >= 11 is 0. The summed E-state index contributed by atoms with van der Waals surface area (Å²) in [6, 6.07) is 7.34. The highest BCUT2D eigenvalue weighted by Crippen LogP contribution is 2.30. The van der Waals surface area contributed by atoms with Crippen molar-refractivity contribution in [3.8, 4) is 11.5 Å². The second-order valence-electron chi connectivity index (χ2n) is 6.77. The van der Waals surface area contributed by atoms with Crippen LogP contribution in [-0.4, -0.2) is 14.8 Å². The van der Waals surface area contributed by atoms with Crippen LogP contribution < -0.4 is 11.2 Å². The molecule has 3 heterocycles. The van der Waals surface area contributed by atoms with E-state index in [0.29, 0.717) is 28.0 Å². The lowest BCUT2D eigenvalue weighted by molar-refractivity contribution is 0.601. The monoisotopic (exact) mass is 348 g/mol. The highest BCUT2D eigenvalue weighted by Gasteiger charge is 2.18. The van der Waals surface area contributed by atoms with Gasteiger partial charge in [-0.05, 0) is 44.5 Å². The molecule has 0 radical (unpaired) electrons. The fraction of sp³-hybridized carbons (Fsp3) is 0.250. The topological polar surface area (TPSA) is 86.9 Å². The number of pyridine rings is 1. The average Bonchev–Trinajstić information content (AvgIpc) is 2.98. The molecule has 132 valence electrons. The largest absolute Gasteiger partial charge is 0.454 e. The molecule has 0 saturated carbocycles. The van der Waals surface area contributed by atoms with E-state index in [1.807, 2.05) is 45.2 Å². The van der Waals surface area contributed by atoms with Gasteiger partial charge in [-0.2, -0.15) is 5.10 Å². The van der Waals surface area contributed by atoms with Crippen LogP contribution >= 0.6 is 0 Å². The first-order valence-electron chi connectivity index (χ1n) is 8.49. The van der Waals surface area contributed by atoms with E-state index >= 15 is 0 Å². The van der Waals surface area contributed by atoms with Crippen molar-refractivity contribution >= 4 is 22.0 Å². The summed E-state index contributed by atoms with van der Waals surface area (Å²) < 4.78 is 7.95. The fourth-order valence-corrected chi connectivity index (χ4v) is 3.32. The molecule has 0 amide bonds. The van der Waals surface area contributed by atoms with Gasteiger partial charge in [0.05, 0.1) is 17.1 Å². The molecule has 0 bridgehead atoms. The van der Waals surface area contributed by atoms with E-state index in [4.69, 9.17) is 10.2 Å². The number of benzene rings is 1. The zero-order chi connectivity index (χ0) is 18.6. The third kappa shape index (κ3) is 2.42. The quantitative estimate of drug-likeness (QED) is 0.600. The van der Waals surface area contributed by atoms with Crippen LogP contribution in [0.1, 0.15) is 29.7 Å². The van der Waals surface area contributed by atoms with Gasteiger partial charge in [0.25, 0.3) is 0 Å². The minimum atomic E-state index is -0.245. The van der Waals surface area contributed by atoms with Gasteiger partial charge in [-0.25, -0.2) is 4.98 Å². The molecule has 0 aliphatic rings. The number of aromatic nitrogens is 3. The number of hydrogen-bond acceptors (Lipinski definition) is 5. The first-order chi connectivity index (χ1) is 12.4. The van der Waals surface area contributed by atoms with Crippen molar-refractivity contribution in [1.29, 1.82) is 0 Å². The second-order valence-corrected chi connectivity index (χ2v) is 6.77. The predicted octanol–water partition coefficient (Wildman–Crippen LogP) is 3.38. The van der Waals surface area contributed by atoms with Crippen molar-refractivity contribution in [1.82, 2.24) is 14.8 Å². The van der Waals surface area contributed by atoms with Crippen LogP contribution in [0, 0.1) is 13.8 Å². The van der Waals surface area contributed by atoms with E-state index in [-0.39, 0.29) is 11.5 Å². The molecule has 6 nitrogen and oxygen atoms in total. The highest BCUT2D eigenvalue weighted by molar-refractivity contribution is 5.85. The summed E-state index contributed by atoms with van der Waals surface area (Å²) in [4.78, 5) is 17.6. The van der Waals surface area contributed by atoms with Gasteiger partial charge < -0.3 is 10.2 Å². The Morgan fingerprint density at radius 2 is 2.00 bits per heavy atom. The van der Waals surface area contributed by atoms with E-state index in [0.717, 1.165) is 22.2 Å².